The van der Waals surface area contributed by atoms with E-state index < -0.39 is 23.8 Å². The van der Waals surface area contributed by atoms with E-state index in [0.717, 1.165) is 11.8 Å². The predicted molar refractivity (Wildman–Crippen MR) is 118 cm³/mol. The number of halogens is 5. The maximum atomic E-state index is 13.6. The molecule has 0 spiro atoms. The van der Waals surface area contributed by atoms with Crippen molar-refractivity contribution < 1.29 is 22.0 Å². The van der Waals surface area contributed by atoms with Crippen molar-refractivity contribution in [2.75, 3.05) is 28.6 Å². The van der Waals surface area contributed by atoms with Crippen molar-refractivity contribution in [3.63, 3.8) is 0 Å². The second kappa shape index (κ2) is 8.86. The van der Waals surface area contributed by atoms with Crippen molar-refractivity contribution in [1.29, 1.82) is 0 Å². The van der Waals surface area contributed by atoms with Crippen LogP contribution in [-0.2, 0) is 6.18 Å². The molecule has 0 aromatic carbocycles. The summed E-state index contributed by atoms with van der Waals surface area (Å²) in [6.45, 7) is 1.26. The number of hydrogen-bond donors (Lipinski definition) is 2. The lowest BCUT2D eigenvalue weighted by atomic mass is 10.1. The van der Waals surface area contributed by atoms with Crippen molar-refractivity contribution >= 4 is 17.6 Å². The Balaban J connectivity index is 1.38. The number of alkyl halides is 5. The fourth-order valence-corrected chi connectivity index (χ4v) is 4.10. The summed E-state index contributed by atoms with van der Waals surface area (Å²) in [6, 6.07) is 6.59. The number of nitrogens with zero attached hydrogens (tertiary/aromatic N) is 6. The second-order valence-electron chi connectivity index (χ2n) is 8.61. The molecule has 3 aromatic heterocycles. The van der Waals surface area contributed by atoms with Crippen LogP contribution in [0.3, 0.4) is 0 Å². The predicted octanol–water partition coefficient (Wildman–Crippen LogP) is 4.25. The van der Waals surface area contributed by atoms with Crippen molar-refractivity contribution in [3.05, 3.63) is 48.4 Å². The second-order valence-corrected chi connectivity index (χ2v) is 8.61. The number of nitrogens with one attached hydrogen (secondary N) is 2. The van der Waals surface area contributed by atoms with E-state index >= 15 is 0 Å². The van der Waals surface area contributed by atoms with Crippen molar-refractivity contribution in [3.8, 4) is 11.5 Å². The molecule has 2 aliphatic rings. The summed E-state index contributed by atoms with van der Waals surface area (Å²) in [5.74, 6) is -2.75. The Morgan fingerprint density at radius 2 is 1.66 bits per heavy atom. The van der Waals surface area contributed by atoms with Crippen LogP contribution < -0.4 is 15.5 Å². The monoisotopic (exact) mass is 492 g/mol. The van der Waals surface area contributed by atoms with Gasteiger partial charge in [-0.2, -0.15) is 28.1 Å². The lowest BCUT2D eigenvalue weighted by Gasteiger charge is -2.41. The van der Waals surface area contributed by atoms with Crippen molar-refractivity contribution in [2.24, 2.45) is 0 Å². The first-order valence-electron chi connectivity index (χ1n) is 11.0. The number of aromatic nitrogens is 5. The Morgan fingerprint density at radius 1 is 0.914 bits per heavy atom. The zero-order valence-electron chi connectivity index (χ0n) is 18.3. The van der Waals surface area contributed by atoms with Crippen LogP contribution in [0.15, 0.2) is 42.7 Å². The van der Waals surface area contributed by atoms with Gasteiger partial charge in [0.15, 0.2) is 5.82 Å². The van der Waals surface area contributed by atoms with Gasteiger partial charge in [0.2, 0.25) is 17.8 Å². The minimum absolute atomic E-state index is 0.00264. The molecule has 184 valence electrons. The number of anilines is 3. The normalized spacial score (nSPS) is 19.9. The first-order chi connectivity index (χ1) is 16.6. The zero-order chi connectivity index (χ0) is 24.6. The largest absolute Gasteiger partial charge is 0.433 e. The summed E-state index contributed by atoms with van der Waals surface area (Å²) in [5.41, 5.74) is -0.226. The van der Waals surface area contributed by atoms with E-state index in [1.807, 2.05) is 12.1 Å². The summed E-state index contributed by atoms with van der Waals surface area (Å²) < 4.78 is 66.8. The fourth-order valence-electron chi connectivity index (χ4n) is 4.10. The molecule has 0 amide bonds. The molecular formula is C22H21F5N8. The van der Waals surface area contributed by atoms with Crippen LogP contribution >= 0.6 is 0 Å². The number of pyridine rings is 2. The van der Waals surface area contributed by atoms with E-state index in [2.05, 4.69) is 40.5 Å². The Kier molecular flexibility index (Phi) is 5.85. The minimum atomic E-state index is -4.64. The van der Waals surface area contributed by atoms with Gasteiger partial charge in [-0.05, 0) is 30.7 Å². The van der Waals surface area contributed by atoms with Crippen LogP contribution in [-0.4, -0.2) is 56.0 Å². The quantitative estimate of drug-likeness (QED) is 0.494. The highest BCUT2D eigenvalue weighted by atomic mass is 19.4. The standard InChI is InChI=1S/C22H21F5N8/c23-21(24)7-6-13(9-21)29-19-32-18(16-4-1-5-17(31-16)22(25,26)27)33-20(34-19)30-14-11-35(12-14)15-3-2-8-28-10-15/h1-5,8,10,13-14H,6-7,9,11-12H2,(H2,29,30,32,33,34). The maximum absolute atomic E-state index is 13.6. The molecule has 8 nitrogen and oxygen atoms in total. The Morgan fingerprint density at radius 3 is 2.29 bits per heavy atom. The van der Waals surface area contributed by atoms with E-state index in [-0.39, 0.29) is 48.7 Å². The molecule has 3 aromatic rings. The van der Waals surface area contributed by atoms with Gasteiger partial charge in [0.05, 0.1) is 17.9 Å². The van der Waals surface area contributed by atoms with Crippen LogP contribution in [0.5, 0.6) is 0 Å². The van der Waals surface area contributed by atoms with Gasteiger partial charge in [-0.15, -0.1) is 0 Å². The summed E-state index contributed by atoms with van der Waals surface area (Å²) in [4.78, 5) is 22.6. The summed E-state index contributed by atoms with van der Waals surface area (Å²) in [5, 5.41) is 6.04. The van der Waals surface area contributed by atoms with Gasteiger partial charge in [-0.3, -0.25) is 4.98 Å². The van der Waals surface area contributed by atoms with E-state index in [4.69, 9.17) is 0 Å². The first kappa shape index (κ1) is 23.1. The number of rotatable bonds is 6. The van der Waals surface area contributed by atoms with Gasteiger partial charge < -0.3 is 15.5 Å². The molecule has 4 heterocycles. The third-order valence-corrected chi connectivity index (χ3v) is 5.87. The van der Waals surface area contributed by atoms with Crippen LogP contribution in [0.2, 0.25) is 0 Å². The van der Waals surface area contributed by atoms with E-state index in [9.17, 15) is 22.0 Å². The highest BCUT2D eigenvalue weighted by Crippen LogP contribution is 2.36. The van der Waals surface area contributed by atoms with E-state index in [1.165, 1.54) is 12.1 Å². The molecule has 1 unspecified atom stereocenters. The Labute approximate surface area is 197 Å². The zero-order valence-corrected chi connectivity index (χ0v) is 18.3. The van der Waals surface area contributed by atoms with Crippen LogP contribution in [0.25, 0.3) is 11.5 Å². The molecule has 1 aliphatic carbocycles. The van der Waals surface area contributed by atoms with Crippen LogP contribution in [0.4, 0.5) is 39.5 Å². The van der Waals surface area contributed by atoms with E-state index in [0.29, 0.717) is 13.1 Å². The molecule has 0 radical (unpaired) electrons. The third-order valence-electron chi connectivity index (χ3n) is 5.87. The number of hydrogen-bond acceptors (Lipinski definition) is 8. The molecule has 35 heavy (non-hydrogen) atoms. The van der Waals surface area contributed by atoms with Crippen molar-refractivity contribution in [2.45, 2.75) is 43.4 Å². The molecule has 5 rings (SSSR count). The van der Waals surface area contributed by atoms with Gasteiger partial charge in [-0.25, -0.2) is 13.8 Å². The molecule has 13 heteroatoms. The van der Waals surface area contributed by atoms with Crippen molar-refractivity contribution in [1.82, 2.24) is 24.9 Å². The third kappa shape index (κ3) is 5.38. The van der Waals surface area contributed by atoms with Crippen LogP contribution in [0, 0.1) is 0 Å². The highest BCUT2D eigenvalue weighted by Gasteiger charge is 2.40. The van der Waals surface area contributed by atoms with Crippen LogP contribution in [0.1, 0.15) is 25.0 Å². The maximum Gasteiger partial charge on any atom is 0.433 e. The minimum Gasteiger partial charge on any atom is -0.366 e. The molecule has 1 atom stereocenters. The lowest BCUT2D eigenvalue weighted by molar-refractivity contribution is -0.141. The summed E-state index contributed by atoms with van der Waals surface area (Å²) >= 11 is 0. The van der Waals surface area contributed by atoms with Gasteiger partial charge >= 0.3 is 6.18 Å². The smallest absolute Gasteiger partial charge is 0.366 e. The molecule has 1 aliphatic heterocycles. The molecular weight excluding hydrogens is 471 g/mol. The topological polar surface area (TPSA) is 91.8 Å². The molecule has 2 N–H and O–H groups in total. The van der Waals surface area contributed by atoms with Gasteiger partial charge in [0.1, 0.15) is 11.4 Å². The van der Waals surface area contributed by atoms with Gasteiger partial charge in [0.25, 0.3) is 0 Å². The van der Waals surface area contributed by atoms with E-state index in [1.54, 1.807) is 12.4 Å². The van der Waals surface area contributed by atoms with Gasteiger partial charge in [0, 0.05) is 38.2 Å². The SMILES string of the molecule is FC1(F)CCC(Nc2nc(NC3CN(c4cccnc4)C3)nc(-c3cccc(C(F)(F)F)n3)n2)C1. The molecule has 2 fully saturated rings. The Bertz CT molecular complexity index is 1180. The van der Waals surface area contributed by atoms with Gasteiger partial charge in [-0.1, -0.05) is 6.07 Å². The molecule has 0 bridgehead atoms. The summed E-state index contributed by atoms with van der Waals surface area (Å²) in [7, 11) is 0. The Hall–Kier alpha value is -3.64. The lowest BCUT2D eigenvalue weighted by Crippen LogP contribution is -2.55. The average Bonchev–Trinajstić information content (AvgIpc) is 3.14. The summed E-state index contributed by atoms with van der Waals surface area (Å²) in [6.07, 6.45) is -1.61. The molecule has 1 saturated carbocycles. The fraction of sp³-hybridized carbons (Fsp3) is 0.409. The molecule has 1 saturated heterocycles. The average molecular weight is 492 g/mol. The first-order valence-corrected chi connectivity index (χ1v) is 11.0. The highest BCUT2D eigenvalue weighted by molar-refractivity contribution is 5.55.